The Balaban J connectivity index is 2.34. The van der Waals surface area contributed by atoms with Crippen molar-refractivity contribution < 1.29 is 9.53 Å². The van der Waals surface area contributed by atoms with E-state index in [0.717, 1.165) is 29.8 Å². The van der Waals surface area contributed by atoms with Crippen LogP contribution in [0.15, 0.2) is 17.3 Å². The molecule has 0 unspecified atom stereocenters. The molecule has 1 aliphatic heterocycles. The SMILES string of the molecule is COC(=O)Cc1cc2c(c(N=O)c1)NCC2. The predicted molar refractivity (Wildman–Crippen MR) is 59.8 cm³/mol. The largest absolute Gasteiger partial charge is 0.469 e. The molecule has 5 heteroatoms. The molecule has 1 heterocycles. The summed E-state index contributed by atoms with van der Waals surface area (Å²) in [7, 11) is 1.34. The molecular weight excluding hydrogens is 208 g/mol. The molecule has 1 aromatic rings. The van der Waals surface area contributed by atoms with Crippen LogP contribution in [0.3, 0.4) is 0 Å². The van der Waals surface area contributed by atoms with E-state index in [4.69, 9.17) is 0 Å². The van der Waals surface area contributed by atoms with Gasteiger partial charge >= 0.3 is 5.97 Å². The van der Waals surface area contributed by atoms with E-state index in [-0.39, 0.29) is 12.4 Å². The Morgan fingerprint density at radius 2 is 2.38 bits per heavy atom. The maximum absolute atomic E-state index is 11.1. The van der Waals surface area contributed by atoms with Crippen LogP contribution in [0.1, 0.15) is 11.1 Å². The zero-order valence-electron chi connectivity index (χ0n) is 8.95. The molecule has 0 spiro atoms. The van der Waals surface area contributed by atoms with Crippen LogP contribution in [0.4, 0.5) is 11.4 Å². The number of esters is 1. The Labute approximate surface area is 92.8 Å². The summed E-state index contributed by atoms with van der Waals surface area (Å²) >= 11 is 0. The number of fused-ring (bicyclic) bond motifs is 1. The fourth-order valence-electron chi connectivity index (χ4n) is 1.89. The molecule has 0 aliphatic carbocycles. The number of anilines is 1. The Morgan fingerprint density at radius 3 is 3.06 bits per heavy atom. The molecule has 0 bridgehead atoms. The summed E-state index contributed by atoms with van der Waals surface area (Å²) in [6.07, 6.45) is 1.03. The smallest absolute Gasteiger partial charge is 0.309 e. The van der Waals surface area contributed by atoms with Gasteiger partial charge in [-0.2, -0.15) is 0 Å². The van der Waals surface area contributed by atoms with Gasteiger partial charge in [0.05, 0.1) is 19.2 Å². The van der Waals surface area contributed by atoms with E-state index in [0.29, 0.717) is 5.69 Å². The molecular formula is C11H12N2O3. The van der Waals surface area contributed by atoms with Gasteiger partial charge in [0.25, 0.3) is 0 Å². The number of methoxy groups -OCH3 is 1. The maximum atomic E-state index is 11.1. The van der Waals surface area contributed by atoms with Crippen molar-refractivity contribution in [2.24, 2.45) is 5.18 Å². The fraction of sp³-hybridized carbons (Fsp3) is 0.364. The maximum Gasteiger partial charge on any atom is 0.309 e. The summed E-state index contributed by atoms with van der Waals surface area (Å²) in [5.41, 5.74) is 2.97. The van der Waals surface area contributed by atoms with Crippen LogP contribution in [0.25, 0.3) is 0 Å². The molecule has 1 N–H and O–H groups in total. The number of nitrogens with zero attached hydrogens (tertiary/aromatic N) is 1. The second-order valence-electron chi connectivity index (χ2n) is 3.67. The number of carbonyl (C=O) groups is 1. The normalized spacial score (nSPS) is 12.8. The molecule has 2 rings (SSSR count). The number of hydrogen-bond acceptors (Lipinski definition) is 5. The highest BCUT2D eigenvalue weighted by molar-refractivity contribution is 5.77. The van der Waals surface area contributed by atoms with Gasteiger partial charge in [0.15, 0.2) is 0 Å². The van der Waals surface area contributed by atoms with Gasteiger partial charge in [-0.25, -0.2) is 0 Å². The summed E-state index contributed by atoms with van der Waals surface area (Å²) < 4.78 is 4.58. The molecule has 84 valence electrons. The summed E-state index contributed by atoms with van der Waals surface area (Å²) in [5.74, 6) is -0.317. The minimum absolute atomic E-state index is 0.173. The lowest BCUT2D eigenvalue weighted by atomic mass is 10.0. The highest BCUT2D eigenvalue weighted by atomic mass is 16.5. The second-order valence-corrected chi connectivity index (χ2v) is 3.67. The Hall–Kier alpha value is -1.91. The Morgan fingerprint density at radius 1 is 1.56 bits per heavy atom. The molecule has 16 heavy (non-hydrogen) atoms. The third kappa shape index (κ3) is 1.88. The van der Waals surface area contributed by atoms with Gasteiger partial charge in [-0.3, -0.25) is 4.79 Å². The van der Waals surface area contributed by atoms with Gasteiger partial charge in [-0.1, -0.05) is 6.07 Å². The van der Waals surface area contributed by atoms with Crippen molar-refractivity contribution in [3.05, 3.63) is 28.2 Å². The lowest BCUT2D eigenvalue weighted by molar-refractivity contribution is -0.139. The third-order valence-corrected chi connectivity index (χ3v) is 2.63. The monoisotopic (exact) mass is 220 g/mol. The number of carbonyl (C=O) groups excluding carboxylic acids is 1. The van der Waals surface area contributed by atoms with E-state index in [1.54, 1.807) is 6.07 Å². The van der Waals surface area contributed by atoms with Gasteiger partial charge in [0, 0.05) is 6.54 Å². The van der Waals surface area contributed by atoms with Crippen LogP contribution >= 0.6 is 0 Å². The van der Waals surface area contributed by atoms with E-state index in [1.807, 2.05) is 6.07 Å². The predicted octanol–water partition coefficient (Wildman–Crippen LogP) is 1.77. The minimum atomic E-state index is -0.317. The van der Waals surface area contributed by atoms with Gasteiger partial charge in [-0.15, -0.1) is 4.91 Å². The number of rotatable bonds is 3. The standard InChI is InChI=1S/C11H12N2O3/c1-16-10(14)6-7-4-8-2-3-12-11(8)9(5-7)13-15/h4-5,12H,2-3,6H2,1H3. The van der Waals surface area contributed by atoms with E-state index in [2.05, 4.69) is 15.2 Å². The quantitative estimate of drug-likeness (QED) is 0.622. The van der Waals surface area contributed by atoms with Gasteiger partial charge < -0.3 is 10.1 Å². The van der Waals surface area contributed by atoms with Crippen molar-refractivity contribution in [2.75, 3.05) is 19.0 Å². The highest BCUT2D eigenvalue weighted by Crippen LogP contribution is 2.34. The van der Waals surface area contributed by atoms with Crippen molar-refractivity contribution >= 4 is 17.3 Å². The van der Waals surface area contributed by atoms with E-state index in [9.17, 15) is 9.70 Å². The molecule has 0 atom stereocenters. The summed E-state index contributed by atoms with van der Waals surface area (Å²) in [6.45, 7) is 0.805. The van der Waals surface area contributed by atoms with Crippen molar-refractivity contribution in [1.29, 1.82) is 0 Å². The van der Waals surface area contributed by atoms with Crippen molar-refractivity contribution in [1.82, 2.24) is 0 Å². The molecule has 0 saturated carbocycles. The summed E-state index contributed by atoms with van der Waals surface area (Å²) in [6, 6.07) is 3.54. The first-order chi connectivity index (χ1) is 7.74. The first kappa shape index (κ1) is 10.6. The van der Waals surface area contributed by atoms with Crippen LogP contribution in [0, 0.1) is 4.91 Å². The number of hydrogen-bond donors (Lipinski definition) is 1. The average molecular weight is 220 g/mol. The van der Waals surface area contributed by atoms with Crippen molar-refractivity contribution in [3.63, 3.8) is 0 Å². The Bertz CT molecular complexity index is 443. The van der Waals surface area contributed by atoms with Crippen LogP contribution in [-0.2, 0) is 22.4 Å². The molecule has 5 nitrogen and oxygen atoms in total. The zero-order valence-corrected chi connectivity index (χ0v) is 8.95. The summed E-state index contributed by atoms with van der Waals surface area (Å²) in [4.78, 5) is 21.8. The van der Waals surface area contributed by atoms with Crippen LogP contribution in [0.5, 0.6) is 0 Å². The van der Waals surface area contributed by atoms with Gasteiger partial charge in [0.1, 0.15) is 5.69 Å². The molecule has 0 fully saturated rings. The second kappa shape index (κ2) is 4.30. The highest BCUT2D eigenvalue weighted by Gasteiger charge is 2.17. The topological polar surface area (TPSA) is 67.8 Å². The molecule has 0 radical (unpaired) electrons. The van der Waals surface area contributed by atoms with E-state index in [1.165, 1.54) is 7.11 Å². The van der Waals surface area contributed by atoms with Crippen molar-refractivity contribution in [2.45, 2.75) is 12.8 Å². The lowest BCUT2D eigenvalue weighted by Crippen LogP contribution is -2.04. The van der Waals surface area contributed by atoms with Crippen LogP contribution in [0.2, 0.25) is 0 Å². The molecule has 0 amide bonds. The van der Waals surface area contributed by atoms with Gasteiger partial charge in [-0.05, 0) is 28.8 Å². The Kier molecular flexibility index (Phi) is 2.85. The molecule has 1 aliphatic rings. The van der Waals surface area contributed by atoms with Gasteiger partial charge in [0.2, 0.25) is 0 Å². The third-order valence-electron chi connectivity index (χ3n) is 2.63. The van der Waals surface area contributed by atoms with Crippen LogP contribution < -0.4 is 5.32 Å². The first-order valence-corrected chi connectivity index (χ1v) is 5.04. The molecule has 1 aromatic carbocycles. The van der Waals surface area contributed by atoms with Crippen LogP contribution in [-0.4, -0.2) is 19.6 Å². The van der Waals surface area contributed by atoms with Crippen molar-refractivity contribution in [3.8, 4) is 0 Å². The summed E-state index contributed by atoms with van der Waals surface area (Å²) in [5, 5.41) is 6.08. The minimum Gasteiger partial charge on any atom is -0.469 e. The zero-order chi connectivity index (χ0) is 11.5. The molecule has 0 aromatic heterocycles. The fourth-order valence-corrected chi connectivity index (χ4v) is 1.89. The first-order valence-electron chi connectivity index (χ1n) is 5.04. The number of ether oxygens (including phenoxy) is 1. The number of nitrogens with one attached hydrogen (secondary N) is 1. The van der Waals surface area contributed by atoms with E-state index < -0.39 is 0 Å². The number of benzene rings is 1. The number of nitroso groups, excluding NO2 is 1. The van der Waals surface area contributed by atoms with E-state index >= 15 is 0 Å². The average Bonchev–Trinajstić information content (AvgIpc) is 2.75. The lowest BCUT2D eigenvalue weighted by Gasteiger charge is -2.06. The molecule has 0 saturated heterocycles.